The Morgan fingerprint density at radius 2 is 2.08 bits per heavy atom. The smallest absolute Gasteiger partial charge is 0.301 e. The van der Waals surface area contributed by atoms with Gasteiger partial charge in [-0.15, -0.1) is 0 Å². The number of hydrogen-bond acceptors (Lipinski definition) is 8. The first-order chi connectivity index (χ1) is 18.1. The van der Waals surface area contributed by atoms with Crippen LogP contribution in [-0.2, 0) is 7.05 Å². The van der Waals surface area contributed by atoms with Gasteiger partial charge >= 0.3 is 5.92 Å². The number of piperidine rings is 1. The van der Waals surface area contributed by atoms with E-state index < -0.39 is 30.2 Å². The molecule has 4 heterocycles. The fourth-order valence-corrected chi connectivity index (χ4v) is 5.64. The van der Waals surface area contributed by atoms with E-state index in [4.69, 9.17) is 16.3 Å². The van der Waals surface area contributed by atoms with Crippen molar-refractivity contribution in [2.75, 3.05) is 35.2 Å². The summed E-state index contributed by atoms with van der Waals surface area (Å²) >= 11 is 6.42. The average Bonchev–Trinajstić information content (AvgIpc) is 3.71. The highest BCUT2D eigenvalue weighted by Gasteiger charge is 2.51. The van der Waals surface area contributed by atoms with Crippen molar-refractivity contribution in [3.63, 3.8) is 0 Å². The van der Waals surface area contributed by atoms with Crippen LogP contribution in [0.15, 0.2) is 29.2 Å². The molecule has 38 heavy (non-hydrogen) atoms. The number of anilines is 4. The van der Waals surface area contributed by atoms with Crippen molar-refractivity contribution in [3.8, 4) is 5.75 Å². The number of aromatic nitrogens is 3. The molecule has 6 rings (SSSR count). The van der Waals surface area contributed by atoms with E-state index in [0.717, 1.165) is 6.42 Å². The van der Waals surface area contributed by atoms with Gasteiger partial charge in [0.15, 0.2) is 12.4 Å². The summed E-state index contributed by atoms with van der Waals surface area (Å²) in [7, 11) is 1.59. The fraction of sp³-hybridized carbons (Fsp3) is 0.500. The molecular formula is C26H29ClF2N6O3. The SMILES string of the molecule is CC1CC(O)CN(c2ncc(Cl)c(Nc3ccc4c(c3)c3c(c(=O)n4C)OCC(F)(F)C(C4CC4)N3)n2)C1. The lowest BCUT2D eigenvalue weighted by molar-refractivity contribution is -0.0579. The first-order valence-corrected chi connectivity index (χ1v) is 13.1. The minimum atomic E-state index is -3.11. The van der Waals surface area contributed by atoms with Gasteiger partial charge in [-0.3, -0.25) is 4.79 Å². The number of aliphatic hydroxyl groups is 1. The lowest BCUT2D eigenvalue weighted by atomic mass is 9.98. The van der Waals surface area contributed by atoms with Gasteiger partial charge < -0.3 is 29.9 Å². The van der Waals surface area contributed by atoms with Gasteiger partial charge in [-0.25, -0.2) is 13.8 Å². The van der Waals surface area contributed by atoms with Gasteiger partial charge in [0.1, 0.15) is 5.02 Å². The molecular weight excluding hydrogens is 518 g/mol. The Morgan fingerprint density at radius 1 is 1.29 bits per heavy atom. The zero-order chi connectivity index (χ0) is 26.8. The van der Waals surface area contributed by atoms with Crippen LogP contribution in [0.2, 0.25) is 5.02 Å². The molecule has 2 aromatic heterocycles. The van der Waals surface area contributed by atoms with Gasteiger partial charge in [-0.05, 0) is 49.3 Å². The molecule has 2 fully saturated rings. The lowest BCUT2D eigenvalue weighted by Crippen LogP contribution is -2.44. The summed E-state index contributed by atoms with van der Waals surface area (Å²) in [5.41, 5.74) is 0.958. The molecule has 1 saturated carbocycles. The van der Waals surface area contributed by atoms with E-state index in [1.165, 1.54) is 10.8 Å². The van der Waals surface area contributed by atoms with Crippen LogP contribution >= 0.6 is 11.6 Å². The number of aliphatic hydroxyl groups excluding tert-OH is 1. The zero-order valence-electron chi connectivity index (χ0n) is 21.0. The molecule has 1 aromatic carbocycles. The number of ether oxygens (including phenoxy) is 1. The second kappa shape index (κ2) is 9.23. The maximum absolute atomic E-state index is 14.9. The molecule has 3 aliphatic rings. The van der Waals surface area contributed by atoms with Crippen molar-refractivity contribution >= 4 is 45.6 Å². The number of fused-ring (bicyclic) bond motifs is 3. The maximum atomic E-state index is 14.9. The van der Waals surface area contributed by atoms with E-state index in [2.05, 4.69) is 27.5 Å². The van der Waals surface area contributed by atoms with Crippen LogP contribution in [0.4, 0.5) is 31.9 Å². The quantitative estimate of drug-likeness (QED) is 0.448. The van der Waals surface area contributed by atoms with Gasteiger partial charge in [-0.1, -0.05) is 18.5 Å². The van der Waals surface area contributed by atoms with Crippen LogP contribution in [0.25, 0.3) is 10.9 Å². The number of benzene rings is 1. The molecule has 12 heteroatoms. The number of rotatable bonds is 4. The number of aryl methyl sites for hydroxylation is 1. The highest BCUT2D eigenvalue weighted by molar-refractivity contribution is 6.32. The van der Waals surface area contributed by atoms with Crippen molar-refractivity contribution < 1.29 is 18.6 Å². The van der Waals surface area contributed by atoms with Gasteiger partial charge in [-0.2, -0.15) is 4.98 Å². The van der Waals surface area contributed by atoms with Gasteiger partial charge in [0.05, 0.1) is 29.5 Å². The Bertz CT molecular complexity index is 1450. The molecule has 3 unspecified atom stereocenters. The Morgan fingerprint density at radius 3 is 2.82 bits per heavy atom. The normalized spacial score (nSPS) is 24.8. The van der Waals surface area contributed by atoms with Crippen LogP contribution < -0.4 is 25.8 Å². The van der Waals surface area contributed by atoms with Crippen molar-refractivity contribution in [2.24, 2.45) is 18.9 Å². The number of pyridine rings is 1. The molecule has 0 amide bonds. The van der Waals surface area contributed by atoms with Gasteiger partial charge in [0.2, 0.25) is 11.7 Å². The van der Waals surface area contributed by atoms with Crippen LogP contribution in [0.1, 0.15) is 26.2 Å². The number of nitrogens with one attached hydrogen (secondary N) is 2. The van der Waals surface area contributed by atoms with Gasteiger partial charge in [0.25, 0.3) is 5.56 Å². The summed E-state index contributed by atoms with van der Waals surface area (Å²) in [4.78, 5) is 23.9. The van der Waals surface area contributed by atoms with Crippen LogP contribution in [-0.4, -0.2) is 57.4 Å². The molecule has 0 radical (unpaired) electrons. The summed E-state index contributed by atoms with van der Waals surface area (Å²) in [5.74, 6) is -2.29. The van der Waals surface area contributed by atoms with Crippen molar-refractivity contribution in [3.05, 3.63) is 39.8 Å². The molecule has 3 aromatic rings. The highest BCUT2D eigenvalue weighted by atomic mass is 35.5. The zero-order valence-corrected chi connectivity index (χ0v) is 21.8. The molecule has 202 valence electrons. The van der Waals surface area contributed by atoms with Crippen LogP contribution in [0.3, 0.4) is 0 Å². The van der Waals surface area contributed by atoms with Gasteiger partial charge in [0, 0.05) is 31.2 Å². The van der Waals surface area contributed by atoms with Crippen LogP contribution in [0, 0.1) is 11.8 Å². The predicted octanol–water partition coefficient (Wildman–Crippen LogP) is 4.15. The van der Waals surface area contributed by atoms with E-state index in [-0.39, 0.29) is 17.4 Å². The minimum Gasteiger partial charge on any atom is -0.480 e. The highest BCUT2D eigenvalue weighted by Crippen LogP contribution is 2.45. The molecule has 0 spiro atoms. The number of halogens is 3. The number of alkyl halides is 2. The average molecular weight is 547 g/mol. The van der Waals surface area contributed by atoms with Crippen molar-refractivity contribution in [1.29, 1.82) is 0 Å². The van der Waals surface area contributed by atoms with E-state index in [0.29, 0.717) is 65.2 Å². The Kier molecular flexibility index (Phi) is 6.10. The topological polar surface area (TPSA) is 105 Å². The molecule has 3 atom stereocenters. The molecule has 2 aliphatic heterocycles. The molecule has 1 aliphatic carbocycles. The van der Waals surface area contributed by atoms with Crippen molar-refractivity contribution in [1.82, 2.24) is 14.5 Å². The first kappa shape index (κ1) is 25.1. The third-order valence-corrected chi connectivity index (χ3v) is 7.80. The molecule has 3 N–H and O–H groups in total. The molecule has 1 saturated heterocycles. The van der Waals surface area contributed by atoms with Crippen LogP contribution in [0.5, 0.6) is 5.75 Å². The Balaban J connectivity index is 1.38. The van der Waals surface area contributed by atoms with E-state index in [9.17, 15) is 18.7 Å². The number of hydrogen-bond donors (Lipinski definition) is 3. The maximum Gasteiger partial charge on any atom is 0.301 e. The Hall–Kier alpha value is -3.18. The number of nitrogens with zero attached hydrogens (tertiary/aromatic N) is 4. The Labute approximate surface area is 222 Å². The number of β-amino-alcohol motifs (C(OH)–C–C–N with tert-alkyl or cyclic N) is 1. The first-order valence-electron chi connectivity index (χ1n) is 12.8. The van der Waals surface area contributed by atoms with Crippen molar-refractivity contribution in [2.45, 2.75) is 44.3 Å². The third kappa shape index (κ3) is 4.51. The standard InChI is InChI=1S/C26H29ClF2N6O3/c1-13-7-16(36)11-35(10-13)25-30-9-18(27)23(33-25)31-15-5-6-19-17(8-15)20-21(24(37)34(19)2)38-12-26(28,29)22(32-20)14-3-4-14/h5-6,8-9,13-14,16,22,32,36H,3-4,7,10-12H2,1-2H3,(H,30,31,33). The fourth-order valence-electron chi connectivity index (χ4n) is 5.50. The molecule has 9 nitrogen and oxygen atoms in total. The predicted molar refractivity (Wildman–Crippen MR) is 142 cm³/mol. The summed E-state index contributed by atoms with van der Waals surface area (Å²) < 4.78 is 36.7. The third-order valence-electron chi connectivity index (χ3n) is 7.53. The summed E-state index contributed by atoms with van der Waals surface area (Å²) in [6.07, 6.45) is 3.19. The second-order valence-corrected chi connectivity index (χ2v) is 11.1. The summed E-state index contributed by atoms with van der Waals surface area (Å²) in [6, 6.07) is 4.16. The van der Waals surface area contributed by atoms with E-state index >= 15 is 0 Å². The monoisotopic (exact) mass is 546 g/mol. The van der Waals surface area contributed by atoms with E-state index in [1.807, 2.05) is 4.90 Å². The summed E-state index contributed by atoms with van der Waals surface area (Å²) in [5, 5.41) is 17.3. The lowest BCUT2D eigenvalue weighted by Gasteiger charge is -2.34. The second-order valence-electron chi connectivity index (χ2n) is 10.7. The largest absolute Gasteiger partial charge is 0.480 e. The molecule has 0 bridgehead atoms. The van der Waals surface area contributed by atoms with E-state index in [1.54, 1.807) is 25.2 Å². The minimum absolute atomic E-state index is 0.111. The summed E-state index contributed by atoms with van der Waals surface area (Å²) in [6.45, 7) is 2.36.